The van der Waals surface area contributed by atoms with Crippen molar-refractivity contribution < 1.29 is 57.6 Å². The van der Waals surface area contributed by atoms with E-state index in [1.807, 2.05) is 0 Å². The molecule has 0 radical (unpaired) electrons. The number of esters is 5. The zero-order chi connectivity index (χ0) is 38.6. The van der Waals surface area contributed by atoms with Crippen molar-refractivity contribution in [3.05, 3.63) is 90.3 Å². The summed E-state index contributed by atoms with van der Waals surface area (Å²) < 4.78 is 29.5. The largest absolute Gasteiger partial charge is 0.458 e. The van der Waals surface area contributed by atoms with Crippen molar-refractivity contribution in [1.29, 1.82) is 0 Å². The molecule has 2 aliphatic carbocycles. The minimum absolute atomic E-state index is 0.0182. The Morgan fingerprint density at radius 2 is 1.42 bits per heavy atom. The van der Waals surface area contributed by atoms with Gasteiger partial charge >= 0.3 is 29.8 Å². The van der Waals surface area contributed by atoms with Gasteiger partial charge in [-0.15, -0.1) is 0 Å². The van der Waals surface area contributed by atoms with Gasteiger partial charge in [-0.1, -0.05) is 57.7 Å². The van der Waals surface area contributed by atoms with Crippen molar-refractivity contribution >= 4 is 35.6 Å². The first-order valence-corrected chi connectivity index (χ1v) is 16.8. The minimum Gasteiger partial charge on any atom is -0.458 e. The zero-order valence-corrected chi connectivity index (χ0v) is 30.3. The molecule has 1 saturated carbocycles. The number of Topliss-reactive ketones (excluding diaryl/α,β-unsaturated/α-hetero) is 1. The molecular formula is C39H45NO12. The van der Waals surface area contributed by atoms with E-state index >= 15 is 0 Å². The van der Waals surface area contributed by atoms with Crippen LogP contribution >= 0.6 is 0 Å². The zero-order valence-electron chi connectivity index (χ0n) is 30.3. The molecule has 1 aromatic carbocycles. The van der Waals surface area contributed by atoms with Crippen molar-refractivity contribution in [2.75, 3.05) is 0 Å². The molecule has 0 aliphatic heterocycles. The molecule has 1 heterocycles. The third-order valence-corrected chi connectivity index (χ3v) is 9.32. The maximum atomic E-state index is 14.8. The van der Waals surface area contributed by atoms with Crippen LogP contribution in [0.15, 0.2) is 79.2 Å². The number of pyridine rings is 1. The maximum absolute atomic E-state index is 14.8. The molecule has 0 bridgehead atoms. The second-order valence-electron chi connectivity index (χ2n) is 14.2. The molecular weight excluding hydrogens is 674 g/mol. The summed E-state index contributed by atoms with van der Waals surface area (Å²) in [6, 6.07) is 10.9. The Labute approximate surface area is 302 Å². The summed E-state index contributed by atoms with van der Waals surface area (Å²) in [5.41, 5.74) is -5.12. The number of aliphatic hydroxyl groups is 1. The summed E-state index contributed by atoms with van der Waals surface area (Å²) >= 11 is 0. The van der Waals surface area contributed by atoms with E-state index in [-0.39, 0.29) is 23.1 Å². The minimum atomic E-state index is -2.23. The summed E-state index contributed by atoms with van der Waals surface area (Å²) in [7, 11) is 0. The van der Waals surface area contributed by atoms with E-state index < -0.39 is 94.9 Å². The highest BCUT2D eigenvalue weighted by Crippen LogP contribution is 2.52. The molecule has 4 rings (SSSR count). The van der Waals surface area contributed by atoms with Gasteiger partial charge in [0.15, 0.2) is 11.4 Å². The number of rotatable bonds is 7. The van der Waals surface area contributed by atoms with Crippen LogP contribution < -0.4 is 0 Å². The van der Waals surface area contributed by atoms with Crippen LogP contribution in [-0.4, -0.2) is 81.3 Å². The third kappa shape index (κ3) is 8.64. The van der Waals surface area contributed by atoms with Gasteiger partial charge < -0.3 is 28.8 Å². The number of hydrogen-bond acceptors (Lipinski definition) is 13. The predicted molar refractivity (Wildman–Crippen MR) is 184 cm³/mol. The Balaban J connectivity index is 1.97. The predicted octanol–water partition coefficient (Wildman–Crippen LogP) is 4.52. The Kier molecular flexibility index (Phi) is 11.9. The normalized spacial score (nSPS) is 30.7. The summed E-state index contributed by atoms with van der Waals surface area (Å²) in [4.78, 5) is 84.1. The van der Waals surface area contributed by atoms with Crippen molar-refractivity contribution in [3.63, 3.8) is 0 Å². The fraction of sp³-hybridized carbons (Fsp3) is 0.462. The first kappa shape index (κ1) is 39.6. The lowest BCUT2D eigenvalue weighted by atomic mass is 9.72. The van der Waals surface area contributed by atoms with Crippen LogP contribution in [0.3, 0.4) is 0 Å². The maximum Gasteiger partial charge on any atom is 0.340 e. The first-order valence-electron chi connectivity index (χ1n) is 16.8. The molecule has 1 N–H and O–H groups in total. The van der Waals surface area contributed by atoms with E-state index in [1.165, 1.54) is 57.4 Å². The Bertz CT molecular complexity index is 1730. The van der Waals surface area contributed by atoms with Crippen LogP contribution in [0.25, 0.3) is 0 Å². The molecule has 278 valence electrons. The number of aromatic nitrogens is 1. The van der Waals surface area contributed by atoms with Crippen molar-refractivity contribution in [1.82, 2.24) is 4.98 Å². The Hall–Kier alpha value is -5.17. The van der Waals surface area contributed by atoms with Crippen LogP contribution in [0.5, 0.6) is 0 Å². The molecule has 2 aliphatic rings. The Morgan fingerprint density at radius 3 is 2.00 bits per heavy atom. The standard InChI is InChI=1S/C39H45NO12/c1-22-16-17-37(6,7)33(50-36(46)28-15-12-18-40-20-28)29(48-24(3)41)19-23(2)31(49-25(4)42)30-34(51-35(45)27-13-10-9-11-14-27)38(8,47)21-39(30,32(22)44)52-26(5)43/h9-18,20,22,29-31,33-34,47H,2,19,21H2,1,3-8H3/b17-16+/t22-,29+,30-,31-,33+,34+,38-,39+/m0/s1. The topological polar surface area (TPSA) is 182 Å². The fourth-order valence-electron chi connectivity index (χ4n) is 7.13. The Morgan fingerprint density at radius 1 is 0.827 bits per heavy atom. The van der Waals surface area contributed by atoms with Crippen LogP contribution in [0.1, 0.15) is 82.0 Å². The van der Waals surface area contributed by atoms with Gasteiger partial charge in [0.05, 0.1) is 17.0 Å². The number of carbonyl (C=O) groups is 6. The van der Waals surface area contributed by atoms with Gasteiger partial charge in [-0.25, -0.2) is 9.59 Å². The smallest absolute Gasteiger partial charge is 0.340 e. The van der Waals surface area contributed by atoms with Crippen LogP contribution in [0.4, 0.5) is 0 Å². The van der Waals surface area contributed by atoms with E-state index in [1.54, 1.807) is 44.2 Å². The molecule has 0 amide bonds. The quantitative estimate of drug-likeness (QED) is 0.240. The molecule has 1 aromatic heterocycles. The number of fused-ring (bicyclic) bond motifs is 1. The highest BCUT2D eigenvalue weighted by Gasteiger charge is 2.70. The molecule has 0 unspecified atom stereocenters. The summed E-state index contributed by atoms with van der Waals surface area (Å²) in [6.45, 7) is 13.8. The summed E-state index contributed by atoms with van der Waals surface area (Å²) in [5, 5.41) is 12.0. The SMILES string of the molecule is C=C1C[C@@H](OC(C)=O)[C@@H](OC(=O)c2cccnc2)C(C)(C)/C=C/[C@H](C)C(=O)[C@@]2(OC(C)=O)C[C@](C)(O)[C@H](OC(=O)c3ccccc3)[C@@H]2[C@H]1OC(C)=O. The molecule has 8 atom stereocenters. The summed E-state index contributed by atoms with van der Waals surface area (Å²) in [5.74, 6) is -7.40. The highest BCUT2D eigenvalue weighted by molar-refractivity contribution is 5.94. The molecule has 13 heteroatoms. The number of benzene rings is 1. The number of ketones is 1. The molecule has 13 nitrogen and oxygen atoms in total. The van der Waals surface area contributed by atoms with Crippen LogP contribution in [0.2, 0.25) is 0 Å². The fourth-order valence-corrected chi connectivity index (χ4v) is 7.13. The van der Waals surface area contributed by atoms with Crippen molar-refractivity contribution in [3.8, 4) is 0 Å². The second kappa shape index (κ2) is 15.6. The van der Waals surface area contributed by atoms with Crippen LogP contribution in [0, 0.1) is 17.3 Å². The van der Waals surface area contributed by atoms with Gasteiger partial charge in [0.2, 0.25) is 0 Å². The van der Waals surface area contributed by atoms with Gasteiger partial charge in [0, 0.05) is 57.3 Å². The monoisotopic (exact) mass is 719 g/mol. The molecule has 0 saturated heterocycles. The number of nitrogens with zero attached hydrogens (tertiary/aromatic N) is 1. The van der Waals surface area contributed by atoms with E-state index in [4.69, 9.17) is 23.7 Å². The van der Waals surface area contributed by atoms with Crippen molar-refractivity contribution in [2.45, 2.75) is 96.9 Å². The van der Waals surface area contributed by atoms with Gasteiger partial charge in [-0.05, 0) is 36.8 Å². The van der Waals surface area contributed by atoms with E-state index in [0.717, 1.165) is 13.8 Å². The van der Waals surface area contributed by atoms with Crippen molar-refractivity contribution in [2.24, 2.45) is 17.3 Å². The van der Waals surface area contributed by atoms with Gasteiger partial charge in [-0.2, -0.15) is 0 Å². The molecule has 52 heavy (non-hydrogen) atoms. The van der Waals surface area contributed by atoms with Crippen LogP contribution in [-0.2, 0) is 42.9 Å². The number of allylic oxidation sites excluding steroid dienone is 1. The van der Waals surface area contributed by atoms with E-state index in [0.29, 0.717) is 0 Å². The molecule has 2 aromatic rings. The summed E-state index contributed by atoms with van der Waals surface area (Å²) in [6.07, 6.45) is -0.598. The number of hydrogen-bond donors (Lipinski definition) is 1. The molecule has 0 spiro atoms. The lowest BCUT2D eigenvalue weighted by molar-refractivity contribution is -0.182. The van der Waals surface area contributed by atoms with E-state index in [9.17, 15) is 33.9 Å². The average Bonchev–Trinajstić information content (AvgIpc) is 3.29. The average molecular weight is 720 g/mol. The second-order valence-corrected chi connectivity index (χ2v) is 14.2. The lowest BCUT2D eigenvalue weighted by Crippen LogP contribution is -2.56. The lowest BCUT2D eigenvalue weighted by Gasteiger charge is -2.42. The number of carbonyl (C=O) groups excluding carboxylic acids is 6. The van der Waals surface area contributed by atoms with Gasteiger partial charge in [-0.3, -0.25) is 24.2 Å². The highest BCUT2D eigenvalue weighted by atomic mass is 16.6. The first-order chi connectivity index (χ1) is 24.3. The number of ether oxygens (including phenoxy) is 5. The van der Waals surface area contributed by atoms with E-state index in [2.05, 4.69) is 11.6 Å². The molecule has 1 fully saturated rings. The van der Waals surface area contributed by atoms with Gasteiger partial charge in [0.25, 0.3) is 0 Å². The van der Waals surface area contributed by atoms with Gasteiger partial charge in [0.1, 0.15) is 30.0 Å². The third-order valence-electron chi connectivity index (χ3n) is 9.32.